The van der Waals surface area contributed by atoms with Gasteiger partial charge in [0.25, 0.3) is 0 Å². The minimum Gasteiger partial charge on any atom is -0.504 e. The molecular formula is C19H28N2O3+2. The average molecular weight is 332 g/mol. The van der Waals surface area contributed by atoms with Crippen LogP contribution in [0.2, 0.25) is 0 Å². The molecule has 0 aromatic heterocycles. The molecule has 3 N–H and O–H groups in total. The van der Waals surface area contributed by atoms with Gasteiger partial charge in [0.15, 0.2) is 17.3 Å². The summed E-state index contributed by atoms with van der Waals surface area (Å²) < 4.78 is 5.30. The van der Waals surface area contributed by atoms with Crippen molar-refractivity contribution >= 4 is 5.78 Å². The monoisotopic (exact) mass is 332 g/mol. The molecule has 1 aromatic carbocycles. The van der Waals surface area contributed by atoms with Crippen LogP contribution >= 0.6 is 0 Å². The molecule has 1 aromatic rings. The molecular weight excluding hydrogens is 304 g/mol. The first-order valence-electron chi connectivity index (χ1n) is 9.10. The van der Waals surface area contributed by atoms with Gasteiger partial charge in [-0.05, 0) is 25.0 Å². The number of benzene rings is 1. The van der Waals surface area contributed by atoms with E-state index in [0.717, 1.165) is 44.6 Å². The average Bonchev–Trinajstić information content (AvgIpc) is 2.59. The topological polar surface area (TPSA) is 55.4 Å². The molecule has 0 amide bonds. The lowest BCUT2D eigenvalue weighted by Crippen LogP contribution is -3.41. The number of quaternary nitrogens is 2. The van der Waals surface area contributed by atoms with Crippen molar-refractivity contribution in [3.05, 3.63) is 23.8 Å². The zero-order chi connectivity index (χ0) is 17.1. The van der Waals surface area contributed by atoms with E-state index in [-0.39, 0.29) is 22.7 Å². The molecule has 0 aliphatic carbocycles. The maximum Gasteiger partial charge on any atom is 0.244 e. The first kappa shape index (κ1) is 15.9. The standard InChI is InChI=1S/C19H26N2O3/c1-4-18-9-20-11-19(5-2,17(18)23)12-21(10-18)16(20)13-7-6-8-14(24-3)15(13)22/h6-8,16,22H,4-5,9-12H2,1-3H3/p+2. The van der Waals surface area contributed by atoms with Crippen molar-refractivity contribution in [1.29, 1.82) is 0 Å². The van der Waals surface area contributed by atoms with Gasteiger partial charge >= 0.3 is 0 Å². The molecule has 4 saturated heterocycles. The molecule has 4 fully saturated rings. The number of carbonyl (C=O) groups is 1. The van der Waals surface area contributed by atoms with Gasteiger partial charge in [-0.2, -0.15) is 0 Å². The van der Waals surface area contributed by atoms with Crippen LogP contribution < -0.4 is 14.5 Å². The number of Topliss-reactive ketones (excluding diaryl/α,β-unsaturated/α-hetero) is 1. The van der Waals surface area contributed by atoms with E-state index in [1.807, 2.05) is 12.1 Å². The molecule has 0 atom stereocenters. The highest BCUT2D eigenvalue weighted by atomic mass is 16.5. The van der Waals surface area contributed by atoms with Crippen LogP contribution in [-0.4, -0.2) is 44.2 Å². The normalized spacial score (nSPS) is 40.1. The van der Waals surface area contributed by atoms with Gasteiger partial charge in [0.05, 0.1) is 7.11 Å². The van der Waals surface area contributed by atoms with Crippen molar-refractivity contribution in [3.63, 3.8) is 0 Å². The molecule has 0 radical (unpaired) electrons. The fourth-order valence-electron chi connectivity index (χ4n) is 5.77. The van der Waals surface area contributed by atoms with Crippen molar-refractivity contribution in [3.8, 4) is 11.5 Å². The quantitative estimate of drug-likeness (QED) is 0.702. The minimum atomic E-state index is -0.165. The third-order valence-electron chi connectivity index (χ3n) is 6.96. The summed E-state index contributed by atoms with van der Waals surface area (Å²) in [5, 5.41) is 10.6. The third kappa shape index (κ3) is 1.85. The lowest BCUT2D eigenvalue weighted by Gasteiger charge is -2.60. The summed E-state index contributed by atoms with van der Waals surface area (Å²) in [5.74, 6) is 1.31. The van der Waals surface area contributed by atoms with Gasteiger partial charge in [-0.1, -0.05) is 19.9 Å². The fourth-order valence-corrected chi connectivity index (χ4v) is 5.77. The summed E-state index contributed by atoms with van der Waals surface area (Å²) >= 11 is 0. The summed E-state index contributed by atoms with van der Waals surface area (Å²) in [6, 6.07) is 5.77. The van der Waals surface area contributed by atoms with Crippen LogP contribution in [0.25, 0.3) is 0 Å². The molecule has 24 heavy (non-hydrogen) atoms. The van der Waals surface area contributed by atoms with Crippen molar-refractivity contribution in [2.45, 2.75) is 32.9 Å². The van der Waals surface area contributed by atoms with E-state index in [0.29, 0.717) is 11.5 Å². The van der Waals surface area contributed by atoms with Crippen LogP contribution in [0.4, 0.5) is 0 Å². The number of para-hydroxylation sites is 1. The van der Waals surface area contributed by atoms with Crippen LogP contribution in [0, 0.1) is 10.8 Å². The van der Waals surface area contributed by atoms with E-state index in [2.05, 4.69) is 13.8 Å². The number of piperidine rings is 2. The Kier molecular flexibility index (Phi) is 3.45. The van der Waals surface area contributed by atoms with Gasteiger partial charge in [0.1, 0.15) is 42.6 Å². The number of hydrogen-bond acceptors (Lipinski definition) is 3. The molecule has 130 valence electrons. The van der Waals surface area contributed by atoms with Crippen LogP contribution in [0.5, 0.6) is 11.5 Å². The fraction of sp³-hybridized carbons (Fsp3) is 0.632. The molecule has 5 rings (SSSR count). The Bertz CT molecular complexity index is 645. The van der Waals surface area contributed by atoms with Gasteiger partial charge in [-0.25, -0.2) is 0 Å². The molecule has 4 heterocycles. The van der Waals surface area contributed by atoms with Crippen LogP contribution in [0.3, 0.4) is 0 Å². The van der Waals surface area contributed by atoms with Crippen molar-refractivity contribution < 1.29 is 24.4 Å². The maximum absolute atomic E-state index is 13.2. The number of methoxy groups -OCH3 is 1. The second kappa shape index (κ2) is 5.20. The van der Waals surface area contributed by atoms with Gasteiger partial charge in [-0.3, -0.25) is 14.6 Å². The number of carbonyl (C=O) groups excluding carboxylic acids is 1. The lowest BCUT2D eigenvalue weighted by atomic mass is 9.58. The molecule has 0 saturated carbocycles. The second-order valence-electron chi connectivity index (χ2n) is 7.95. The third-order valence-corrected chi connectivity index (χ3v) is 6.96. The van der Waals surface area contributed by atoms with E-state index in [4.69, 9.17) is 4.74 Å². The first-order valence-corrected chi connectivity index (χ1v) is 9.10. The van der Waals surface area contributed by atoms with Gasteiger partial charge in [0, 0.05) is 0 Å². The summed E-state index contributed by atoms with van der Waals surface area (Å²) in [6.45, 7) is 7.91. The molecule has 4 aliphatic heterocycles. The number of ketones is 1. The zero-order valence-corrected chi connectivity index (χ0v) is 14.8. The Morgan fingerprint density at radius 3 is 2.12 bits per heavy atom. The maximum atomic E-state index is 13.2. The number of aromatic hydroxyl groups is 1. The number of ether oxygens (including phenoxy) is 1. The molecule has 5 nitrogen and oxygen atoms in total. The Labute approximate surface area is 143 Å². The van der Waals surface area contributed by atoms with E-state index in [9.17, 15) is 9.90 Å². The summed E-state index contributed by atoms with van der Waals surface area (Å²) in [4.78, 5) is 16.1. The highest BCUT2D eigenvalue weighted by Crippen LogP contribution is 2.42. The summed E-state index contributed by atoms with van der Waals surface area (Å²) in [6.07, 6.45) is 2.06. The number of phenolic OH excluding ortho intramolecular Hbond substituents is 1. The number of phenols is 1. The summed E-state index contributed by atoms with van der Waals surface area (Å²) in [7, 11) is 1.59. The highest BCUT2D eigenvalue weighted by molar-refractivity contribution is 5.92. The first-order chi connectivity index (χ1) is 11.5. The van der Waals surface area contributed by atoms with Crippen molar-refractivity contribution in [2.24, 2.45) is 10.8 Å². The Balaban J connectivity index is 1.77. The molecule has 4 aliphatic rings. The largest absolute Gasteiger partial charge is 0.504 e. The Morgan fingerprint density at radius 1 is 1.12 bits per heavy atom. The predicted molar refractivity (Wildman–Crippen MR) is 89.2 cm³/mol. The molecule has 0 unspecified atom stereocenters. The highest BCUT2D eigenvalue weighted by Gasteiger charge is 2.70. The minimum absolute atomic E-state index is 0.165. The van der Waals surface area contributed by atoms with E-state index in [1.165, 1.54) is 9.80 Å². The lowest BCUT2D eigenvalue weighted by molar-refractivity contribution is -1.18. The number of rotatable bonds is 4. The van der Waals surface area contributed by atoms with E-state index >= 15 is 0 Å². The SMILES string of the molecule is CCC12C[NH+]3CC(CC)(C[NH+](C1)C3c1cccc(OC)c1O)C2=O. The van der Waals surface area contributed by atoms with Crippen LogP contribution in [0.15, 0.2) is 18.2 Å². The van der Waals surface area contributed by atoms with Gasteiger partial charge in [0.2, 0.25) is 6.17 Å². The van der Waals surface area contributed by atoms with Crippen molar-refractivity contribution in [1.82, 2.24) is 0 Å². The smallest absolute Gasteiger partial charge is 0.244 e. The molecule has 5 heteroatoms. The van der Waals surface area contributed by atoms with E-state index < -0.39 is 0 Å². The number of hydrogen-bond donors (Lipinski definition) is 3. The zero-order valence-electron chi connectivity index (χ0n) is 14.8. The Morgan fingerprint density at radius 2 is 1.67 bits per heavy atom. The predicted octanol–water partition coefficient (Wildman–Crippen LogP) is -0.428. The van der Waals surface area contributed by atoms with Crippen molar-refractivity contribution in [2.75, 3.05) is 33.3 Å². The summed E-state index contributed by atoms with van der Waals surface area (Å²) in [5.41, 5.74) is 0.632. The van der Waals surface area contributed by atoms with Gasteiger partial charge < -0.3 is 9.84 Å². The number of nitrogens with one attached hydrogen (secondary N) is 2. The second-order valence-corrected chi connectivity index (χ2v) is 7.95. The van der Waals surface area contributed by atoms with E-state index in [1.54, 1.807) is 13.2 Å². The molecule has 0 spiro atoms. The van der Waals surface area contributed by atoms with Crippen LogP contribution in [0.1, 0.15) is 38.4 Å². The molecule has 4 bridgehead atoms. The Hall–Kier alpha value is -1.59. The van der Waals surface area contributed by atoms with Crippen LogP contribution in [-0.2, 0) is 4.79 Å². The van der Waals surface area contributed by atoms with Gasteiger partial charge in [-0.15, -0.1) is 0 Å².